The molecule has 3 rings (SSSR count). The van der Waals surface area contributed by atoms with Crippen molar-refractivity contribution in [2.75, 3.05) is 0 Å². The number of carbonyl (C=O) groups excluding carboxylic acids is 3. The van der Waals surface area contributed by atoms with E-state index in [2.05, 4.69) is 0 Å². The summed E-state index contributed by atoms with van der Waals surface area (Å²) >= 11 is 0. The zero-order chi connectivity index (χ0) is 18.8. The Morgan fingerprint density at radius 2 is 1.80 bits per heavy atom. The summed E-state index contributed by atoms with van der Waals surface area (Å²) in [5.41, 5.74) is 4.02. The molecule has 0 unspecified atom stereocenters. The molecule has 7 nitrogen and oxygen atoms in total. The summed E-state index contributed by atoms with van der Waals surface area (Å²) < 4.78 is 5.61. The van der Waals surface area contributed by atoms with Gasteiger partial charge in [0.1, 0.15) is 34.0 Å². The van der Waals surface area contributed by atoms with Crippen LogP contribution in [0, 0.1) is 6.92 Å². The molecule has 0 bridgehead atoms. The van der Waals surface area contributed by atoms with Crippen LogP contribution in [0.25, 0.3) is 0 Å². The van der Waals surface area contributed by atoms with E-state index in [0.29, 0.717) is 0 Å². The Hall–Kier alpha value is -3.09. The van der Waals surface area contributed by atoms with Gasteiger partial charge in [-0.15, -0.1) is 0 Å². The highest BCUT2D eigenvalue weighted by atomic mass is 16.5. The average molecular weight is 343 g/mol. The third-order valence-electron chi connectivity index (χ3n) is 4.78. The quantitative estimate of drug-likeness (QED) is 0.401. The van der Waals surface area contributed by atoms with Crippen molar-refractivity contribution in [3.8, 4) is 17.2 Å². The lowest BCUT2D eigenvalue weighted by atomic mass is 9.70. The number of hydrogen-bond donors (Lipinski definition) is 3. The van der Waals surface area contributed by atoms with Gasteiger partial charge in [-0.05, 0) is 27.7 Å². The topological polar surface area (TPSA) is 127 Å². The molecule has 4 N–H and O–H groups in total. The number of fused-ring (bicyclic) bond motifs is 3. The number of allylic oxidation sites excluding steroid dienone is 4. The Balaban J connectivity index is 2.46. The van der Waals surface area contributed by atoms with Gasteiger partial charge in [0.15, 0.2) is 17.3 Å². The normalized spacial score (nSPS) is 23.6. The lowest BCUT2D eigenvalue weighted by Gasteiger charge is -2.28. The summed E-state index contributed by atoms with van der Waals surface area (Å²) in [5.74, 6) is -2.62. The van der Waals surface area contributed by atoms with Gasteiger partial charge in [0.05, 0.1) is 11.1 Å². The molecule has 25 heavy (non-hydrogen) atoms. The van der Waals surface area contributed by atoms with E-state index in [1.807, 2.05) is 0 Å². The number of Topliss-reactive ketones (excluding diaryl/α,β-unsaturated/α-hetero) is 2. The summed E-state index contributed by atoms with van der Waals surface area (Å²) in [6, 6.07) is 0. The molecular weight excluding hydrogens is 326 g/mol. The Bertz CT molecular complexity index is 949. The van der Waals surface area contributed by atoms with Crippen LogP contribution >= 0.6 is 0 Å². The standard InChI is InChI=1S/C18H17NO6/c1-6-14(22)12(8(3)20)16-13(15(6)23)18(4)10(25-16)5-9(21)11(7(2)19)17(18)24/h5,22-23H,19H2,1-4H3/b11-7-/t18-/m1/s1. The molecule has 0 radical (unpaired) electrons. The molecule has 0 saturated heterocycles. The van der Waals surface area contributed by atoms with Crippen molar-refractivity contribution in [1.82, 2.24) is 0 Å². The molecule has 1 aliphatic carbocycles. The number of hydrogen-bond acceptors (Lipinski definition) is 7. The van der Waals surface area contributed by atoms with Crippen molar-refractivity contribution in [2.24, 2.45) is 5.73 Å². The van der Waals surface area contributed by atoms with Crippen LogP contribution in [0.2, 0.25) is 0 Å². The molecule has 130 valence electrons. The number of nitrogens with two attached hydrogens (primary N) is 1. The number of aromatic hydroxyl groups is 2. The molecule has 1 heterocycles. The fraction of sp³-hybridized carbons (Fsp3) is 0.278. The number of ether oxygens (including phenoxy) is 1. The third kappa shape index (κ3) is 1.89. The van der Waals surface area contributed by atoms with Gasteiger partial charge in [0, 0.05) is 17.3 Å². The van der Waals surface area contributed by atoms with E-state index >= 15 is 0 Å². The molecule has 1 aromatic carbocycles. The molecule has 1 atom stereocenters. The van der Waals surface area contributed by atoms with E-state index in [1.165, 1.54) is 27.7 Å². The van der Waals surface area contributed by atoms with Gasteiger partial charge < -0.3 is 20.7 Å². The highest BCUT2D eigenvalue weighted by Gasteiger charge is 2.56. The van der Waals surface area contributed by atoms with E-state index in [1.54, 1.807) is 0 Å². The van der Waals surface area contributed by atoms with Crippen LogP contribution in [0.15, 0.2) is 23.1 Å². The van der Waals surface area contributed by atoms with Gasteiger partial charge in [0.2, 0.25) is 0 Å². The second-order valence-electron chi connectivity index (χ2n) is 6.44. The fourth-order valence-electron chi connectivity index (χ4n) is 3.38. The number of phenols is 2. The van der Waals surface area contributed by atoms with Crippen LogP contribution in [0.1, 0.15) is 42.3 Å². The second kappa shape index (κ2) is 4.95. The van der Waals surface area contributed by atoms with E-state index in [0.717, 1.165) is 6.08 Å². The van der Waals surface area contributed by atoms with E-state index in [-0.39, 0.29) is 45.2 Å². The second-order valence-corrected chi connectivity index (χ2v) is 6.44. The predicted octanol–water partition coefficient (Wildman–Crippen LogP) is 1.53. The van der Waals surface area contributed by atoms with Crippen LogP contribution in [-0.4, -0.2) is 27.6 Å². The summed E-state index contributed by atoms with van der Waals surface area (Å²) in [6.07, 6.45) is 1.13. The molecule has 2 aliphatic rings. The zero-order valence-electron chi connectivity index (χ0n) is 14.2. The van der Waals surface area contributed by atoms with E-state index in [4.69, 9.17) is 10.5 Å². The van der Waals surface area contributed by atoms with Gasteiger partial charge in [-0.1, -0.05) is 0 Å². The smallest absolute Gasteiger partial charge is 0.194 e. The average Bonchev–Trinajstić information content (AvgIpc) is 2.78. The van der Waals surface area contributed by atoms with Crippen molar-refractivity contribution in [3.05, 3.63) is 39.8 Å². The van der Waals surface area contributed by atoms with Crippen molar-refractivity contribution in [3.63, 3.8) is 0 Å². The summed E-state index contributed by atoms with van der Waals surface area (Å²) in [6.45, 7) is 5.58. The Kier molecular flexibility index (Phi) is 3.32. The van der Waals surface area contributed by atoms with Gasteiger partial charge in [-0.2, -0.15) is 0 Å². The first-order valence-electron chi connectivity index (χ1n) is 7.58. The molecule has 0 spiro atoms. The fourth-order valence-corrected chi connectivity index (χ4v) is 3.38. The lowest BCUT2D eigenvalue weighted by Crippen LogP contribution is -2.40. The maximum Gasteiger partial charge on any atom is 0.194 e. The molecule has 7 heteroatoms. The largest absolute Gasteiger partial charge is 0.507 e. The maximum absolute atomic E-state index is 13.0. The highest BCUT2D eigenvalue weighted by molar-refractivity contribution is 6.31. The predicted molar refractivity (Wildman–Crippen MR) is 87.5 cm³/mol. The van der Waals surface area contributed by atoms with Crippen LogP contribution in [0.4, 0.5) is 0 Å². The monoisotopic (exact) mass is 343 g/mol. The number of benzene rings is 1. The van der Waals surface area contributed by atoms with Gasteiger partial charge in [-0.3, -0.25) is 14.4 Å². The molecule has 1 aliphatic heterocycles. The first kappa shape index (κ1) is 16.8. The van der Waals surface area contributed by atoms with Gasteiger partial charge in [-0.25, -0.2) is 0 Å². The number of rotatable bonds is 1. The molecule has 1 aromatic rings. The first-order chi connectivity index (χ1) is 11.5. The minimum atomic E-state index is -1.51. The highest BCUT2D eigenvalue weighted by Crippen LogP contribution is 2.57. The summed E-state index contributed by atoms with van der Waals surface area (Å²) in [4.78, 5) is 37.3. The molecule has 0 fully saturated rings. The van der Waals surface area contributed by atoms with Crippen molar-refractivity contribution in [1.29, 1.82) is 0 Å². The van der Waals surface area contributed by atoms with Crippen molar-refractivity contribution in [2.45, 2.75) is 33.1 Å². The minimum absolute atomic E-state index is 0.00898. The lowest BCUT2D eigenvalue weighted by molar-refractivity contribution is -0.123. The van der Waals surface area contributed by atoms with E-state index in [9.17, 15) is 24.6 Å². The first-order valence-corrected chi connectivity index (χ1v) is 7.58. The summed E-state index contributed by atoms with van der Waals surface area (Å²) in [5, 5.41) is 20.8. The maximum atomic E-state index is 13.0. The van der Waals surface area contributed by atoms with Crippen LogP contribution in [0.5, 0.6) is 17.2 Å². The third-order valence-corrected chi connectivity index (χ3v) is 4.78. The Labute approximate surface area is 143 Å². The zero-order valence-corrected chi connectivity index (χ0v) is 14.2. The molecular formula is C18H17NO6. The van der Waals surface area contributed by atoms with E-state index < -0.39 is 28.5 Å². The van der Waals surface area contributed by atoms with Crippen molar-refractivity contribution < 1.29 is 29.3 Å². The minimum Gasteiger partial charge on any atom is -0.507 e. The van der Waals surface area contributed by atoms with Crippen LogP contribution in [0.3, 0.4) is 0 Å². The van der Waals surface area contributed by atoms with Crippen molar-refractivity contribution >= 4 is 17.3 Å². The number of ketones is 3. The number of phenolic OH excluding ortho intramolecular Hbond substituents is 2. The summed E-state index contributed by atoms with van der Waals surface area (Å²) in [7, 11) is 0. The van der Waals surface area contributed by atoms with Gasteiger partial charge >= 0.3 is 0 Å². The SMILES string of the molecule is CC(=O)c1c(O)c(C)c(O)c2c1OC1=CC(=O)/C(=C(\C)N)C(=O)[C@]12C. The van der Waals surface area contributed by atoms with Crippen LogP contribution < -0.4 is 10.5 Å². The molecule has 0 amide bonds. The Morgan fingerprint density at radius 1 is 1.20 bits per heavy atom. The number of carbonyl (C=O) groups is 3. The molecule has 0 saturated carbocycles. The Morgan fingerprint density at radius 3 is 2.32 bits per heavy atom. The van der Waals surface area contributed by atoms with Gasteiger partial charge in [0.25, 0.3) is 0 Å². The van der Waals surface area contributed by atoms with Crippen LogP contribution in [-0.2, 0) is 15.0 Å². The molecule has 0 aromatic heterocycles.